The molecule has 0 radical (unpaired) electrons. The van der Waals surface area contributed by atoms with Gasteiger partial charge in [-0.1, -0.05) is 83.1 Å². The minimum Gasteiger partial charge on any atom is -0.497 e. The zero-order valence-corrected chi connectivity index (χ0v) is 27.4. The Labute approximate surface area is 276 Å². The van der Waals surface area contributed by atoms with Gasteiger partial charge in [0.15, 0.2) is 4.80 Å². The Morgan fingerprint density at radius 1 is 1.02 bits per heavy atom. The lowest BCUT2D eigenvalue weighted by Crippen LogP contribution is -2.38. The maximum Gasteiger partial charge on any atom is 0.271 e. The number of nitrogens with zero attached hydrogens (tertiary/aromatic N) is 2. The summed E-state index contributed by atoms with van der Waals surface area (Å²) in [6.45, 7) is 0.297. The van der Waals surface area contributed by atoms with E-state index in [0.717, 1.165) is 56.6 Å². The number of aryl methyl sites for hydroxylation is 1. The van der Waals surface area contributed by atoms with Crippen molar-refractivity contribution in [3.8, 4) is 11.5 Å². The third-order valence-electron chi connectivity index (χ3n) is 7.96. The number of aromatic nitrogens is 1. The highest BCUT2D eigenvalue weighted by molar-refractivity contribution is 9.10. The molecule has 5 nitrogen and oxygen atoms in total. The first-order chi connectivity index (χ1) is 21.4. The highest BCUT2D eigenvalue weighted by atomic mass is 79.9. The van der Waals surface area contributed by atoms with Crippen LogP contribution in [0.2, 0.25) is 10.0 Å². The van der Waals surface area contributed by atoms with Crippen LogP contribution in [-0.4, -0.2) is 11.7 Å². The van der Waals surface area contributed by atoms with Crippen molar-refractivity contribution < 1.29 is 9.47 Å². The van der Waals surface area contributed by atoms with Crippen molar-refractivity contribution >= 4 is 62.2 Å². The maximum absolute atomic E-state index is 14.1. The van der Waals surface area contributed by atoms with Crippen LogP contribution in [0.1, 0.15) is 40.3 Å². The minimum atomic E-state index is -0.245. The van der Waals surface area contributed by atoms with Crippen LogP contribution in [0.15, 0.2) is 105 Å². The van der Waals surface area contributed by atoms with Gasteiger partial charge in [0.2, 0.25) is 0 Å². The fourth-order valence-corrected chi connectivity index (χ4v) is 7.75. The Bertz CT molecular complexity index is 2140. The van der Waals surface area contributed by atoms with E-state index in [1.54, 1.807) is 19.2 Å². The number of allylic oxidation sites excluding steroid dienone is 1. The second kappa shape index (κ2) is 12.1. The lowest BCUT2D eigenvalue weighted by molar-refractivity contribution is 0.304. The van der Waals surface area contributed by atoms with Crippen LogP contribution in [0, 0.1) is 0 Å². The van der Waals surface area contributed by atoms with Gasteiger partial charge in [-0.2, -0.15) is 0 Å². The summed E-state index contributed by atoms with van der Waals surface area (Å²) < 4.78 is 14.7. The Kier molecular flexibility index (Phi) is 7.97. The first-order valence-corrected chi connectivity index (χ1v) is 16.4. The molecule has 1 atom stereocenters. The highest BCUT2D eigenvalue weighted by Crippen LogP contribution is 2.41. The monoisotopic (exact) mass is 702 g/mol. The summed E-state index contributed by atoms with van der Waals surface area (Å²) in [5.41, 5.74) is 7.25. The molecule has 0 N–H and O–H groups in total. The molecule has 5 aromatic rings. The van der Waals surface area contributed by atoms with Crippen LogP contribution in [0.4, 0.5) is 0 Å². The molecule has 0 fully saturated rings. The van der Waals surface area contributed by atoms with E-state index in [1.807, 2.05) is 59.2 Å². The average Bonchev–Trinajstić information content (AvgIpc) is 3.34. The van der Waals surface area contributed by atoms with Crippen LogP contribution in [0.25, 0.3) is 11.8 Å². The van der Waals surface area contributed by atoms with Gasteiger partial charge < -0.3 is 9.47 Å². The molecule has 0 amide bonds. The quantitative estimate of drug-likeness (QED) is 0.180. The third-order valence-corrected chi connectivity index (χ3v) is 10.1. The number of hydrogen-bond donors (Lipinski definition) is 0. The van der Waals surface area contributed by atoms with Crippen LogP contribution >= 0.6 is 50.5 Å². The summed E-state index contributed by atoms with van der Waals surface area (Å²) in [4.78, 5) is 19.9. The van der Waals surface area contributed by atoms with E-state index >= 15 is 0 Å². The standard InChI is InChI=1S/C35H25BrCl2N2O3S/c1-42-25-12-8-22(9-13-25)33-27-14-10-21-4-2-3-5-26(21)32(27)39-35-40(33)34(41)31(44-35)17-20-6-15-30(28(36)16-20)43-19-23-7-11-24(37)18-29(23)38/h2-9,11-13,15-18,33H,10,14,19H2,1H3/b31-17+/t33-/m0/s1. The zero-order valence-electron chi connectivity index (χ0n) is 23.5. The summed E-state index contributed by atoms with van der Waals surface area (Å²) in [5, 5.41) is 1.13. The van der Waals surface area contributed by atoms with E-state index in [2.05, 4.69) is 40.2 Å². The molecule has 1 aliphatic heterocycles. The van der Waals surface area contributed by atoms with E-state index < -0.39 is 0 Å². The molecule has 1 aromatic heterocycles. The zero-order chi connectivity index (χ0) is 30.4. The molecular formula is C35H25BrCl2N2O3S. The van der Waals surface area contributed by atoms with Crippen molar-refractivity contribution in [3.05, 3.63) is 153 Å². The minimum absolute atomic E-state index is 0.0613. The van der Waals surface area contributed by atoms with Gasteiger partial charge >= 0.3 is 0 Å². The van der Waals surface area contributed by atoms with Crippen LogP contribution < -0.4 is 24.4 Å². The van der Waals surface area contributed by atoms with E-state index in [0.29, 0.717) is 31.7 Å². The van der Waals surface area contributed by atoms with Gasteiger partial charge in [0, 0.05) is 21.2 Å². The molecule has 44 heavy (non-hydrogen) atoms. The lowest BCUT2D eigenvalue weighted by Gasteiger charge is -2.30. The van der Waals surface area contributed by atoms with Gasteiger partial charge in [-0.15, -0.1) is 0 Å². The molecule has 0 spiro atoms. The number of rotatable bonds is 6. The van der Waals surface area contributed by atoms with E-state index in [9.17, 15) is 4.79 Å². The number of fused-ring (bicyclic) bond motifs is 3. The lowest BCUT2D eigenvalue weighted by atomic mass is 9.83. The summed E-state index contributed by atoms with van der Waals surface area (Å²) in [7, 11) is 1.66. The van der Waals surface area contributed by atoms with Crippen molar-refractivity contribution in [2.24, 2.45) is 4.99 Å². The number of hydrogen-bond acceptors (Lipinski definition) is 5. The molecule has 0 saturated heterocycles. The summed E-state index contributed by atoms with van der Waals surface area (Å²) in [6.07, 6.45) is 3.66. The van der Waals surface area contributed by atoms with Gasteiger partial charge in [0.25, 0.3) is 5.56 Å². The van der Waals surface area contributed by atoms with Crippen molar-refractivity contribution in [2.75, 3.05) is 7.11 Å². The van der Waals surface area contributed by atoms with Crippen molar-refractivity contribution in [3.63, 3.8) is 0 Å². The predicted octanol–water partition coefficient (Wildman–Crippen LogP) is 7.98. The van der Waals surface area contributed by atoms with E-state index in [1.165, 1.54) is 16.9 Å². The van der Waals surface area contributed by atoms with Crippen molar-refractivity contribution in [1.82, 2.24) is 4.57 Å². The number of thiazole rings is 1. The molecule has 0 unspecified atom stereocenters. The fourth-order valence-electron chi connectivity index (χ4n) is 5.78. The van der Waals surface area contributed by atoms with Crippen LogP contribution in [0.5, 0.6) is 11.5 Å². The summed E-state index contributed by atoms with van der Waals surface area (Å²) >= 11 is 17.4. The average molecular weight is 704 g/mol. The van der Waals surface area contributed by atoms with Gasteiger partial charge in [0.05, 0.1) is 27.9 Å². The topological polar surface area (TPSA) is 52.8 Å². The molecule has 0 bridgehead atoms. The van der Waals surface area contributed by atoms with Crippen LogP contribution in [-0.2, 0) is 13.0 Å². The second-order valence-electron chi connectivity index (χ2n) is 10.6. The normalized spacial score (nSPS) is 15.7. The Hall–Kier alpha value is -3.62. The molecule has 2 aliphatic rings. The molecule has 2 heterocycles. The molecule has 4 aromatic carbocycles. The van der Waals surface area contributed by atoms with Crippen molar-refractivity contribution in [1.29, 1.82) is 0 Å². The number of halogens is 3. The summed E-state index contributed by atoms with van der Waals surface area (Å²) in [6, 6.07) is 27.3. The molecular weight excluding hydrogens is 679 g/mol. The van der Waals surface area contributed by atoms with Gasteiger partial charge in [0.1, 0.15) is 18.1 Å². The Morgan fingerprint density at radius 2 is 1.84 bits per heavy atom. The first-order valence-electron chi connectivity index (χ1n) is 14.0. The van der Waals surface area contributed by atoms with Gasteiger partial charge in [-0.25, -0.2) is 4.99 Å². The molecule has 0 saturated carbocycles. The number of benzene rings is 4. The van der Waals surface area contributed by atoms with Gasteiger partial charge in [-0.3, -0.25) is 9.36 Å². The van der Waals surface area contributed by atoms with Crippen molar-refractivity contribution in [2.45, 2.75) is 25.5 Å². The van der Waals surface area contributed by atoms with Crippen LogP contribution in [0.3, 0.4) is 0 Å². The summed E-state index contributed by atoms with van der Waals surface area (Å²) in [5.74, 6) is 1.44. The largest absolute Gasteiger partial charge is 0.497 e. The first kappa shape index (κ1) is 29.1. The predicted molar refractivity (Wildman–Crippen MR) is 181 cm³/mol. The molecule has 220 valence electrons. The molecule has 1 aliphatic carbocycles. The maximum atomic E-state index is 14.1. The second-order valence-corrected chi connectivity index (χ2v) is 13.3. The van der Waals surface area contributed by atoms with Gasteiger partial charge in [-0.05, 0) is 93.5 Å². The smallest absolute Gasteiger partial charge is 0.271 e. The highest BCUT2D eigenvalue weighted by Gasteiger charge is 2.32. The SMILES string of the molecule is COc1ccc([C@H]2C3=C(N=c4s/c(=C/c5ccc(OCc6ccc(Cl)cc6Cl)c(Br)c5)c(=O)n42)c2ccccc2CC3)cc1. The Morgan fingerprint density at radius 3 is 2.61 bits per heavy atom. The fraction of sp³-hybridized carbons (Fsp3) is 0.143. The molecule has 9 heteroatoms. The van der Waals surface area contributed by atoms with E-state index in [4.69, 9.17) is 37.7 Å². The molecule has 7 rings (SSSR count). The van der Waals surface area contributed by atoms with E-state index in [-0.39, 0.29) is 11.6 Å². The number of ether oxygens (including phenoxy) is 2. The third kappa shape index (κ3) is 5.43. The Balaban J connectivity index is 1.28. The number of methoxy groups -OCH3 is 1.